The summed E-state index contributed by atoms with van der Waals surface area (Å²) >= 11 is 0.655. The number of thiazole rings is 1. The molecule has 0 unspecified atom stereocenters. The van der Waals surface area contributed by atoms with Crippen LogP contribution in [0.5, 0.6) is 0 Å². The van der Waals surface area contributed by atoms with Crippen molar-refractivity contribution in [2.45, 2.75) is 25.4 Å². The topological polar surface area (TPSA) is 38.9 Å². The molecule has 14 heavy (non-hydrogen) atoms. The van der Waals surface area contributed by atoms with Crippen LogP contribution in [0.1, 0.15) is 23.7 Å². The van der Waals surface area contributed by atoms with Crippen molar-refractivity contribution in [3.05, 3.63) is 16.1 Å². The fraction of sp³-hybridized carbons (Fsp3) is 0.625. The van der Waals surface area contributed by atoms with Crippen LogP contribution in [0.25, 0.3) is 0 Å². The third-order valence-corrected chi connectivity index (χ3v) is 3.33. The van der Waals surface area contributed by atoms with Gasteiger partial charge in [0, 0.05) is 23.0 Å². The zero-order valence-corrected chi connectivity index (χ0v) is 8.67. The fourth-order valence-electron chi connectivity index (χ4n) is 0.819. The van der Waals surface area contributed by atoms with Crippen LogP contribution >= 0.6 is 11.3 Å². The Kier molecular flexibility index (Phi) is 2.87. The highest BCUT2D eigenvalue weighted by atomic mass is 32.1. The van der Waals surface area contributed by atoms with Gasteiger partial charge < -0.3 is 5.73 Å². The predicted molar refractivity (Wildman–Crippen MR) is 49.2 cm³/mol. The van der Waals surface area contributed by atoms with Crippen LogP contribution < -0.4 is 5.73 Å². The number of rotatable bonds is 2. The van der Waals surface area contributed by atoms with E-state index in [0.717, 1.165) is 0 Å². The molecule has 1 aromatic heterocycles. The maximum absolute atomic E-state index is 12.2. The molecule has 0 radical (unpaired) electrons. The largest absolute Gasteiger partial charge is 0.443 e. The van der Waals surface area contributed by atoms with Crippen molar-refractivity contribution in [3.63, 3.8) is 0 Å². The van der Waals surface area contributed by atoms with Crippen molar-refractivity contribution in [1.82, 2.24) is 4.98 Å². The first-order valence-corrected chi connectivity index (χ1v) is 4.82. The first-order chi connectivity index (χ1) is 6.27. The molecule has 0 aromatic carbocycles. The number of hydrogen-bond donors (Lipinski definition) is 1. The summed E-state index contributed by atoms with van der Waals surface area (Å²) in [6.07, 6.45) is -3.10. The Morgan fingerprint density at radius 1 is 1.43 bits per heavy atom. The molecule has 0 fully saturated rings. The lowest BCUT2D eigenvalue weighted by molar-refractivity contribution is -0.137. The van der Waals surface area contributed by atoms with E-state index in [1.54, 1.807) is 13.8 Å². The Labute approximate surface area is 84.0 Å². The number of alkyl halides is 3. The molecule has 0 saturated heterocycles. The van der Waals surface area contributed by atoms with Crippen LogP contribution in [0, 0.1) is 0 Å². The Balaban J connectivity index is 3.00. The maximum atomic E-state index is 12.2. The van der Waals surface area contributed by atoms with Gasteiger partial charge in [0.05, 0.1) is 0 Å². The molecule has 0 saturated carbocycles. The highest BCUT2D eigenvalue weighted by molar-refractivity contribution is 7.11. The highest BCUT2D eigenvalue weighted by Gasteiger charge is 2.36. The van der Waals surface area contributed by atoms with E-state index in [0.29, 0.717) is 22.8 Å². The van der Waals surface area contributed by atoms with Crippen LogP contribution in [0.2, 0.25) is 0 Å². The van der Waals surface area contributed by atoms with Gasteiger partial charge in [-0.25, -0.2) is 4.98 Å². The Morgan fingerprint density at radius 2 is 2.00 bits per heavy atom. The van der Waals surface area contributed by atoms with Crippen LogP contribution in [-0.2, 0) is 11.6 Å². The van der Waals surface area contributed by atoms with Crippen molar-refractivity contribution in [2.24, 2.45) is 5.73 Å². The number of nitrogens with zero attached hydrogens (tertiary/aromatic N) is 1. The van der Waals surface area contributed by atoms with Crippen molar-refractivity contribution in [2.75, 3.05) is 6.54 Å². The second-order valence-electron chi connectivity index (χ2n) is 3.62. The first kappa shape index (κ1) is 11.5. The van der Waals surface area contributed by atoms with Crippen molar-refractivity contribution < 1.29 is 13.2 Å². The summed E-state index contributed by atoms with van der Waals surface area (Å²) < 4.78 is 36.6. The smallest absolute Gasteiger partial charge is 0.330 e. The lowest BCUT2D eigenvalue weighted by Crippen LogP contribution is -2.26. The standard InChI is InChI=1S/C8H11F3N2S/c1-7(2,4-12)5-3-13-6(14-5)8(9,10)11/h3H,4,12H2,1-2H3. The summed E-state index contributed by atoms with van der Waals surface area (Å²) in [6, 6.07) is 0. The maximum Gasteiger partial charge on any atom is 0.443 e. The Bertz CT molecular complexity index is 317. The number of halogens is 3. The van der Waals surface area contributed by atoms with Gasteiger partial charge in [0.1, 0.15) is 0 Å². The summed E-state index contributed by atoms with van der Waals surface area (Å²) in [7, 11) is 0. The molecule has 1 aromatic rings. The van der Waals surface area contributed by atoms with Gasteiger partial charge in [0.25, 0.3) is 0 Å². The fourth-order valence-corrected chi connectivity index (χ4v) is 1.71. The van der Waals surface area contributed by atoms with Gasteiger partial charge in [0.15, 0.2) is 5.01 Å². The molecule has 0 aliphatic carbocycles. The van der Waals surface area contributed by atoms with Crippen LogP contribution in [0.4, 0.5) is 13.2 Å². The van der Waals surface area contributed by atoms with E-state index >= 15 is 0 Å². The summed E-state index contributed by atoms with van der Waals surface area (Å²) in [5, 5.41) is -0.811. The number of nitrogens with two attached hydrogens (primary N) is 1. The second-order valence-corrected chi connectivity index (χ2v) is 4.65. The minimum atomic E-state index is -4.35. The summed E-state index contributed by atoms with van der Waals surface area (Å²) in [6.45, 7) is 3.88. The summed E-state index contributed by atoms with van der Waals surface area (Å²) in [4.78, 5) is 3.90. The number of aromatic nitrogens is 1. The quantitative estimate of drug-likeness (QED) is 0.837. The van der Waals surface area contributed by atoms with Gasteiger partial charge in [-0.15, -0.1) is 11.3 Å². The van der Waals surface area contributed by atoms with Crippen molar-refractivity contribution in [3.8, 4) is 0 Å². The monoisotopic (exact) mass is 224 g/mol. The van der Waals surface area contributed by atoms with Gasteiger partial charge in [-0.2, -0.15) is 13.2 Å². The average molecular weight is 224 g/mol. The zero-order valence-electron chi connectivity index (χ0n) is 7.85. The van der Waals surface area contributed by atoms with E-state index in [1.807, 2.05) is 0 Å². The van der Waals surface area contributed by atoms with E-state index in [-0.39, 0.29) is 0 Å². The minimum Gasteiger partial charge on any atom is -0.330 e. The molecule has 0 aliphatic heterocycles. The molecule has 0 spiro atoms. The second kappa shape index (κ2) is 3.51. The molecule has 0 bridgehead atoms. The van der Waals surface area contributed by atoms with Gasteiger partial charge in [-0.1, -0.05) is 13.8 Å². The van der Waals surface area contributed by atoms with Crippen LogP contribution in [0.3, 0.4) is 0 Å². The predicted octanol–water partition coefficient (Wildman–Crippen LogP) is 2.40. The van der Waals surface area contributed by atoms with Crippen molar-refractivity contribution >= 4 is 11.3 Å². The van der Waals surface area contributed by atoms with Gasteiger partial charge in [-0.3, -0.25) is 0 Å². The lowest BCUT2D eigenvalue weighted by Gasteiger charge is -2.19. The third kappa shape index (κ3) is 2.24. The first-order valence-electron chi connectivity index (χ1n) is 4.01. The summed E-state index contributed by atoms with van der Waals surface area (Å²) in [5.41, 5.74) is 5.01. The van der Waals surface area contributed by atoms with E-state index in [1.165, 1.54) is 6.20 Å². The molecule has 2 nitrogen and oxygen atoms in total. The van der Waals surface area contributed by atoms with E-state index in [9.17, 15) is 13.2 Å². The molecule has 80 valence electrons. The van der Waals surface area contributed by atoms with Gasteiger partial charge in [0.2, 0.25) is 0 Å². The molecule has 6 heteroatoms. The molecular formula is C8H11F3N2S. The molecule has 2 N–H and O–H groups in total. The van der Waals surface area contributed by atoms with Crippen LogP contribution in [-0.4, -0.2) is 11.5 Å². The van der Waals surface area contributed by atoms with Gasteiger partial charge in [-0.05, 0) is 0 Å². The normalized spacial score (nSPS) is 13.3. The van der Waals surface area contributed by atoms with E-state index < -0.39 is 16.6 Å². The Morgan fingerprint density at radius 3 is 2.36 bits per heavy atom. The molecule has 1 heterocycles. The van der Waals surface area contributed by atoms with E-state index in [4.69, 9.17) is 5.73 Å². The zero-order chi connectivity index (χ0) is 11.0. The minimum absolute atomic E-state index is 0.298. The van der Waals surface area contributed by atoms with Crippen LogP contribution in [0.15, 0.2) is 6.20 Å². The van der Waals surface area contributed by atoms with Crippen molar-refractivity contribution in [1.29, 1.82) is 0 Å². The van der Waals surface area contributed by atoms with Gasteiger partial charge >= 0.3 is 6.18 Å². The SMILES string of the molecule is CC(C)(CN)c1cnc(C(F)(F)F)s1. The summed E-state index contributed by atoms with van der Waals surface area (Å²) in [5.74, 6) is 0. The molecule has 0 amide bonds. The average Bonchev–Trinajstić information content (AvgIpc) is 2.51. The molecule has 0 aliphatic rings. The van der Waals surface area contributed by atoms with E-state index in [2.05, 4.69) is 4.98 Å². The molecule has 1 rings (SSSR count). The number of hydrogen-bond acceptors (Lipinski definition) is 3. The lowest BCUT2D eigenvalue weighted by atomic mass is 9.93. The Hall–Kier alpha value is -0.620. The highest BCUT2D eigenvalue weighted by Crippen LogP contribution is 2.36. The molecular weight excluding hydrogens is 213 g/mol. The molecule has 0 atom stereocenters. The third-order valence-electron chi connectivity index (χ3n) is 1.93.